The second kappa shape index (κ2) is 10.3. The number of aliphatic hydroxyl groups excluding tert-OH is 1. The first-order valence-corrected chi connectivity index (χ1v) is 11.0. The number of benzene rings is 1. The summed E-state index contributed by atoms with van der Waals surface area (Å²) in [6, 6.07) is 4.76. The number of phenols is 1. The Hall–Kier alpha value is -1.36. The van der Waals surface area contributed by atoms with Gasteiger partial charge in [0.2, 0.25) is 0 Å². The van der Waals surface area contributed by atoms with E-state index in [4.69, 9.17) is 18.9 Å². The van der Waals surface area contributed by atoms with Crippen LogP contribution in [0, 0.1) is 0 Å². The highest BCUT2D eigenvalue weighted by molar-refractivity contribution is 7.91. The van der Waals surface area contributed by atoms with Crippen molar-refractivity contribution in [2.75, 3.05) is 26.9 Å². The zero-order valence-electron chi connectivity index (χ0n) is 18.5. The van der Waals surface area contributed by atoms with Crippen molar-refractivity contribution in [1.82, 2.24) is 0 Å². The molecule has 0 saturated carbocycles. The maximum Gasteiger partial charge on any atom is 0.163 e. The van der Waals surface area contributed by atoms with E-state index in [1.54, 1.807) is 12.1 Å². The average molecular weight is 444 g/mol. The highest BCUT2D eigenvalue weighted by atomic mass is 32.2. The summed E-state index contributed by atoms with van der Waals surface area (Å²) < 4.78 is 38.2. The Labute approximate surface area is 181 Å². The maximum absolute atomic E-state index is 12.6. The second-order valence-corrected chi connectivity index (χ2v) is 10.5. The Balaban J connectivity index is 2.06. The fourth-order valence-electron chi connectivity index (χ4n) is 2.78. The Morgan fingerprint density at radius 3 is 2.63 bits per heavy atom. The monoisotopic (exact) mass is 443 g/mol. The van der Waals surface area contributed by atoms with E-state index >= 15 is 0 Å². The highest BCUT2D eigenvalue weighted by Crippen LogP contribution is 2.28. The molecule has 0 aromatic heterocycles. The number of nitrogens with zero attached hydrogens (tertiary/aromatic N) is 1. The van der Waals surface area contributed by atoms with Gasteiger partial charge >= 0.3 is 0 Å². The van der Waals surface area contributed by atoms with Crippen molar-refractivity contribution in [3.05, 3.63) is 23.8 Å². The number of phenolic OH excluding ortho intramolecular Hbond substituents is 1. The van der Waals surface area contributed by atoms with Crippen LogP contribution in [0.4, 0.5) is 0 Å². The van der Waals surface area contributed by atoms with E-state index in [1.807, 2.05) is 34.6 Å². The van der Waals surface area contributed by atoms with Gasteiger partial charge in [0, 0.05) is 18.1 Å². The van der Waals surface area contributed by atoms with Gasteiger partial charge < -0.3 is 33.7 Å². The molecule has 1 saturated heterocycles. The van der Waals surface area contributed by atoms with Crippen LogP contribution in [0.1, 0.15) is 46.6 Å². The normalized spacial score (nSPS) is 21.5. The van der Waals surface area contributed by atoms with Gasteiger partial charge in [0.05, 0.1) is 33.0 Å². The summed E-state index contributed by atoms with van der Waals surface area (Å²) in [5.41, 5.74) is 0.725. The summed E-state index contributed by atoms with van der Waals surface area (Å²) in [6.45, 7) is 9.85. The molecule has 1 aliphatic heterocycles. The zero-order valence-corrected chi connectivity index (χ0v) is 19.3. The van der Waals surface area contributed by atoms with Crippen molar-refractivity contribution < 1.29 is 33.7 Å². The summed E-state index contributed by atoms with van der Waals surface area (Å²) in [4.78, 5) is 0. The first kappa shape index (κ1) is 24.9. The van der Waals surface area contributed by atoms with Gasteiger partial charge in [0.15, 0.2) is 5.79 Å². The molecule has 0 spiro atoms. The molecule has 2 unspecified atom stereocenters. The van der Waals surface area contributed by atoms with Crippen LogP contribution in [0.2, 0.25) is 0 Å². The molecular weight excluding hydrogens is 410 g/mol. The average Bonchev–Trinajstić information content (AvgIpc) is 2.99. The SMILES string of the molecule is COc1ccc(C(CC(O)COC[C@H]2COC(C)(C)O2)=N[S+]([O-])C(C)(C)C)c(O)c1. The van der Waals surface area contributed by atoms with Gasteiger partial charge in [0.25, 0.3) is 0 Å². The van der Waals surface area contributed by atoms with Crippen molar-refractivity contribution in [3.8, 4) is 11.5 Å². The molecule has 2 rings (SSSR count). The molecule has 0 aliphatic carbocycles. The smallest absolute Gasteiger partial charge is 0.163 e. The van der Waals surface area contributed by atoms with E-state index in [9.17, 15) is 14.8 Å². The Kier molecular flexibility index (Phi) is 8.55. The van der Waals surface area contributed by atoms with Gasteiger partial charge in [-0.1, -0.05) is 4.40 Å². The predicted octanol–water partition coefficient (Wildman–Crippen LogP) is 2.57. The molecule has 170 valence electrons. The first-order valence-electron chi connectivity index (χ1n) is 9.86. The lowest BCUT2D eigenvalue weighted by molar-refractivity contribution is -0.146. The fraction of sp³-hybridized carbons (Fsp3) is 0.667. The molecule has 2 N–H and O–H groups in total. The van der Waals surface area contributed by atoms with Crippen molar-refractivity contribution in [3.63, 3.8) is 0 Å². The van der Waals surface area contributed by atoms with Gasteiger partial charge in [-0.25, -0.2) is 0 Å². The molecule has 30 heavy (non-hydrogen) atoms. The predicted molar refractivity (Wildman–Crippen MR) is 115 cm³/mol. The van der Waals surface area contributed by atoms with Gasteiger partial charge in [-0.2, -0.15) is 0 Å². The van der Waals surface area contributed by atoms with Crippen LogP contribution >= 0.6 is 0 Å². The van der Waals surface area contributed by atoms with Crippen LogP contribution in [-0.2, 0) is 25.6 Å². The topological polar surface area (TPSA) is 113 Å². The number of ether oxygens (including phenoxy) is 4. The van der Waals surface area contributed by atoms with Crippen LogP contribution in [0.3, 0.4) is 0 Å². The fourth-order valence-corrected chi connectivity index (χ4v) is 3.43. The molecular formula is C21H33NO7S. The van der Waals surface area contributed by atoms with Gasteiger partial charge in [-0.15, -0.1) is 0 Å². The van der Waals surface area contributed by atoms with Crippen molar-refractivity contribution >= 4 is 17.1 Å². The van der Waals surface area contributed by atoms with Gasteiger partial charge in [-0.3, -0.25) is 0 Å². The third-order valence-corrected chi connectivity index (χ3v) is 5.78. The van der Waals surface area contributed by atoms with E-state index in [2.05, 4.69) is 4.40 Å². The molecule has 0 amide bonds. The van der Waals surface area contributed by atoms with Gasteiger partial charge in [-0.05, 0) is 46.8 Å². The molecule has 1 heterocycles. The quantitative estimate of drug-likeness (QED) is 0.445. The molecule has 9 heteroatoms. The lowest BCUT2D eigenvalue weighted by Gasteiger charge is -2.21. The summed E-state index contributed by atoms with van der Waals surface area (Å²) in [7, 11) is 1.50. The number of methoxy groups -OCH3 is 1. The summed E-state index contributed by atoms with van der Waals surface area (Å²) in [6.07, 6.45) is -1.04. The Bertz CT molecular complexity index is 733. The van der Waals surface area contributed by atoms with Crippen LogP contribution in [-0.4, -0.2) is 70.1 Å². The minimum Gasteiger partial charge on any atom is -0.591 e. The van der Waals surface area contributed by atoms with Crippen LogP contribution < -0.4 is 4.74 Å². The standard InChI is InChI=1S/C21H33NO7S/c1-20(2,3)30(25)22-18(17-8-7-15(26-6)10-19(17)24)9-14(23)11-27-12-16-13-28-21(4,5)29-16/h7-8,10,14,16,23-24H,9,11-13H2,1-6H3/t14?,16-,30?/m0/s1. The third-order valence-electron chi connectivity index (χ3n) is 4.34. The number of rotatable bonds is 9. The maximum atomic E-state index is 12.6. The largest absolute Gasteiger partial charge is 0.591 e. The van der Waals surface area contributed by atoms with Crippen molar-refractivity contribution in [1.29, 1.82) is 0 Å². The molecule has 0 bridgehead atoms. The second-order valence-electron chi connectivity index (χ2n) is 8.63. The summed E-state index contributed by atoms with van der Waals surface area (Å²) in [5, 5.41) is 20.9. The van der Waals surface area contributed by atoms with Crippen LogP contribution in [0.15, 0.2) is 22.6 Å². The van der Waals surface area contributed by atoms with Crippen LogP contribution in [0.5, 0.6) is 11.5 Å². The number of hydrogen-bond donors (Lipinski definition) is 2. The molecule has 0 radical (unpaired) electrons. The molecule has 3 atom stereocenters. The van der Waals surface area contributed by atoms with E-state index in [1.165, 1.54) is 13.2 Å². The lowest BCUT2D eigenvalue weighted by atomic mass is 10.0. The Morgan fingerprint density at radius 1 is 1.40 bits per heavy atom. The van der Waals surface area contributed by atoms with E-state index in [-0.39, 0.29) is 31.5 Å². The van der Waals surface area contributed by atoms with Gasteiger partial charge in [0.1, 0.15) is 39.4 Å². The third kappa shape index (κ3) is 7.40. The summed E-state index contributed by atoms with van der Waals surface area (Å²) >= 11 is -1.56. The molecule has 1 fully saturated rings. The summed E-state index contributed by atoms with van der Waals surface area (Å²) in [5.74, 6) is -0.209. The number of aromatic hydroxyl groups is 1. The lowest BCUT2D eigenvalue weighted by Crippen LogP contribution is -2.29. The minimum absolute atomic E-state index is 0.0401. The number of aliphatic hydroxyl groups is 1. The minimum atomic E-state index is -1.56. The Morgan fingerprint density at radius 2 is 2.10 bits per heavy atom. The molecule has 1 aromatic rings. The first-order chi connectivity index (χ1) is 13.9. The highest BCUT2D eigenvalue weighted by Gasteiger charge is 2.33. The zero-order chi connectivity index (χ0) is 22.5. The van der Waals surface area contributed by atoms with Crippen molar-refractivity contribution in [2.24, 2.45) is 4.40 Å². The van der Waals surface area contributed by atoms with E-state index < -0.39 is 28.0 Å². The molecule has 8 nitrogen and oxygen atoms in total. The number of hydrogen-bond acceptors (Lipinski definition) is 8. The molecule has 1 aliphatic rings. The molecule has 1 aromatic carbocycles. The van der Waals surface area contributed by atoms with Crippen molar-refractivity contribution in [2.45, 2.75) is 63.8 Å². The van der Waals surface area contributed by atoms with E-state index in [0.29, 0.717) is 23.6 Å². The van der Waals surface area contributed by atoms with E-state index in [0.717, 1.165) is 0 Å². The van der Waals surface area contributed by atoms with Crippen LogP contribution in [0.25, 0.3) is 0 Å².